The molecule has 0 saturated carbocycles. The second kappa shape index (κ2) is 9.55. The average molecular weight is 456 g/mol. The van der Waals surface area contributed by atoms with E-state index in [2.05, 4.69) is 63.8 Å². The first-order valence-corrected chi connectivity index (χ1v) is 11.9. The van der Waals surface area contributed by atoms with Crippen molar-refractivity contribution in [2.75, 3.05) is 37.7 Å². The van der Waals surface area contributed by atoms with Gasteiger partial charge in [-0.1, -0.05) is 61.2 Å². The lowest BCUT2D eigenvalue weighted by Gasteiger charge is -2.37. The topological polar surface area (TPSA) is 45.1 Å². The maximum absolute atomic E-state index is 12.5. The third kappa shape index (κ3) is 4.66. The summed E-state index contributed by atoms with van der Waals surface area (Å²) in [6, 6.07) is 22.7. The number of piperazine rings is 1. The second-order valence-electron chi connectivity index (χ2n) is 7.95. The first-order chi connectivity index (χ1) is 16.2. The molecule has 1 amide bonds. The number of carbonyl (C=O) groups is 1. The first kappa shape index (κ1) is 21.3. The number of nitrogens with zero attached hydrogens (tertiary/aromatic N) is 3. The van der Waals surface area contributed by atoms with Gasteiger partial charge < -0.3 is 14.5 Å². The van der Waals surface area contributed by atoms with Gasteiger partial charge in [0.15, 0.2) is 5.17 Å². The van der Waals surface area contributed by atoms with Gasteiger partial charge in [0, 0.05) is 37.3 Å². The van der Waals surface area contributed by atoms with Gasteiger partial charge in [0.25, 0.3) is 5.91 Å². The maximum Gasteiger partial charge on any atom is 0.286 e. The van der Waals surface area contributed by atoms with Crippen LogP contribution in [0.1, 0.15) is 5.56 Å². The standard InChI is InChI=1S/C27H25N3O2S/c1-2-18-32-22-12-10-20(11-13-22)19-25-26(31)28-27(33-25)30-16-14-29(15-17-30)24-9-5-7-21-6-3-4-8-23(21)24/h2-13,19H,1,14-18H2/b25-19+. The molecule has 0 atom stereocenters. The van der Waals surface area contributed by atoms with Gasteiger partial charge in [0.1, 0.15) is 12.4 Å². The largest absolute Gasteiger partial charge is 0.490 e. The van der Waals surface area contributed by atoms with E-state index in [1.165, 1.54) is 28.2 Å². The predicted molar refractivity (Wildman–Crippen MR) is 138 cm³/mol. The first-order valence-electron chi connectivity index (χ1n) is 11.1. The molecule has 0 unspecified atom stereocenters. The summed E-state index contributed by atoms with van der Waals surface area (Å²) in [6.07, 6.45) is 3.61. The molecule has 166 valence electrons. The number of aliphatic imine (C=N–C) groups is 1. The fourth-order valence-corrected chi connectivity index (χ4v) is 5.09. The summed E-state index contributed by atoms with van der Waals surface area (Å²) in [4.78, 5) is 22.2. The van der Waals surface area contributed by atoms with Gasteiger partial charge in [-0.05, 0) is 47.0 Å². The van der Waals surface area contributed by atoms with E-state index in [1.807, 2.05) is 30.3 Å². The lowest BCUT2D eigenvalue weighted by molar-refractivity contribution is -0.113. The van der Waals surface area contributed by atoms with Crippen molar-refractivity contribution in [1.29, 1.82) is 0 Å². The Bertz CT molecular complexity index is 1240. The van der Waals surface area contributed by atoms with Crippen LogP contribution in [-0.4, -0.2) is 48.8 Å². The number of rotatable bonds is 5. The van der Waals surface area contributed by atoms with Crippen molar-refractivity contribution in [3.05, 3.63) is 89.9 Å². The van der Waals surface area contributed by atoms with E-state index < -0.39 is 0 Å². The molecular formula is C27H25N3O2S. The van der Waals surface area contributed by atoms with Gasteiger partial charge in [0.05, 0.1) is 4.91 Å². The van der Waals surface area contributed by atoms with E-state index in [0.717, 1.165) is 42.7 Å². The summed E-state index contributed by atoms with van der Waals surface area (Å²) in [7, 11) is 0. The summed E-state index contributed by atoms with van der Waals surface area (Å²) < 4.78 is 5.52. The van der Waals surface area contributed by atoms with E-state index in [1.54, 1.807) is 6.08 Å². The van der Waals surface area contributed by atoms with Crippen LogP contribution >= 0.6 is 11.8 Å². The number of benzene rings is 3. The van der Waals surface area contributed by atoms with E-state index in [-0.39, 0.29) is 5.91 Å². The maximum atomic E-state index is 12.5. The number of thioether (sulfide) groups is 1. The zero-order chi connectivity index (χ0) is 22.6. The van der Waals surface area contributed by atoms with Crippen molar-refractivity contribution in [1.82, 2.24) is 4.90 Å². The lowest BCUT2D eigenvalue weighted by Crippen LogP contribution is -2.47. The van der Waals surface area contributed by atoms with E-state index in [0.29, 0.717) is 11.5 Å². The molecule has 3 aromatic rings. The molecule has 2 heterocycles. The zero-order valence-electron chi connectivity index (χ0n) is 18.3. The molecule has 2 aliphatic heterocycles. The summed E-state index contributed by atoms with van der Waals surface area (Å²) in [5, 5.41) is 3.34. The van der Waals surface area contributed by atoms with Crippen molar-refractivity contribution in [3.63, 3.8) is 0 Å². The molecular weight excluding hydrogens is 430 g/mol. The van der Waals surface area contributed by atoms with Crippen molar-refractivity contribution >= 4 is 45.4 Å². The monoisotopic (exact) mass is 455 g/mol. The minimum Gasteiger partial charge on any atom is -0.490 e. The number of anilines is 1. The normalized spacial score (nSPS) is 17.5. The Hall–Kier alpha value is -3.51. The molecule has 5 nitrogen and oxygen atoms in total. The Morgan fingerprint density at radius 3 is 2.45 bits per heavy atom. The fourth-order valence-electron chi connectivity index (χ4n) is 4.12. The van der Waals surface area contributed by atoms with Crippen molar-refractivity contribution in [2.24, 2.45) is 4.99 Å². The Morgan fingerprint density at radius 2 is 1.67 bits per heavy atom. The molecule has 33 heavy (non-hydrogen) atoms. The highest BCUT2D eigenvalue weighted by Gasteiger charge is 2.28. The summed E-state index contributed by atoms with van der Waals surface area (Å²) in [5.41, 5.74) is 2.22. The molecule has 0 bridgehead atoms. The zero-order valence-corrected chi connectivity index (χ0v) is 19.1. The van der Waals surface area contributed by atoms with Gasteiger partial charge >= 0.3 is 0 Å². The number of ether oxygens (including phenoxy) is 1. The van der Waals surface area contributed by atoms with E-state index >= 15 is 0 Å². The molecule has 0 spiro atoms. The third-order valence-corrected chi connectivity index (χ3v) is 6.86. The Labute approximate surface area is 198 Å². The summed E-state index contributed by atoms with van der Waals surface area (Å²) >= 11 is 1.46. The van der Waals surface area contributed by atoms with Crippen LogP contribution in [0.25, 0.3) is 16.8 Å². The molecule has 2 aliphatic rings. The van der Waals surface area contributed by atoms with E-state index in [9.17, 15) is 4.79 Å². The van der Waals surface area contributed by atoms with Crippen molar-refractivity contribution in [3.8, 4) is 5.75 Å². The number of hydrogen-bond acceptors (Lipinski definition) is 5. The van der Waals surface area contributed by atoms with Crippen molar-refractivity contribution in [2.45, 2.75) is 0 Å². The van der Waals surface area contributed by atoms with Gasteiger partial charge in [-0.2, -0.15) is 4.99 Å². The predicted octanol–water partition coefficient (Wildman–Crippen LogP) is 5.20. The number of carbonyl (C=O) groups excluding carboxylic acids is 1. The highest BCUT2D eigenvalue weighted by atomic mass is 32.2. The van der Waals surface area contributed by atoms with Crippen LogP contribution in [0, 0.1) is 0 Å². The van der Waals surface area contributed by atoms with Gasteiger partial charge in [-0.3, -0.25) is 4.79 Å². The lowest BCUT2D eigenvalue weighted by atomic mass is 10.1. The highest BCUT2D eigenvalue weighted by molar-refractivity contribution is 8.18. The van der Waals surface area contributed by atoms with Crippen LogP contribution in [0.5, 0.6) is 5.75 Å². The quantitative estimate of drug-likeness (QED) is 0.391. The van der Waals surface area contributed by atoms with Gasteiger partial charge in [0.2, 0.25) is 0 Å². The Morgan fingerprint density at radius 1 is 0.939 bits per heavy atom. The molecule has 6 heteroatoms. The molecule has 3 aromatic carbocycles. The van der Waals surface area contributed by atoms with Gasteiger partial charge in [-0.15, -0.1) is 0 Å². The second-order valence-corrected chi connectivity index (χ2v) is 8.96. The van der Waals surface area contributed by atoms with Crippen molar-refractivity contribution < 1.29 is 9.53 Å². The van der Waals surface area contributed by atoms with Crippen LogP contribution in [0.4, 0.5) is 5.69 Å². The molecule has 0 aliphatic carbocycles. The highest BCUT2D eigenvalue weighted by Crippen LogP contribution is 2.32. The molecule has 0 aromatic heterocycles. The number of hydrogen-bond donors (Lipinski definition) is 0. The molecule has 1 fully saturated rings. The number of amides is 1. The van der Waals surface area contributed by atoms with Crippen LogP contribution < -0.4 is 9.64 Å². The Balaban J connectivity index is 1.23. The minimum atomic E-state index is -0.168. The van der Waals surface area contributed by atoms with Crippen LogP contribution in [0.15, 0.2) is 89.3 Å². The number of fused-ring (bicyclic) bond motifs is 1. The van der Waals surface area contributed by atoms with Crippen LogP contribution in [-0.2, 0) is 4.79 Å². The fraction of sp³-hybridized carbons (Fsp3) is 0.185. The van der Waals surface area contributed by atoms with Gasteiger partial charge in [-0.25, -0.2) is 0 Å². The Kier molecular flexibility index (Phi) is 6.17. The van der Waals surface area contributed by atoms with E-state index in [4.69, 9.17) is 4.74 Å². The van der Waals surface area contributed by atoms with Crippen LogP contribution in [0.3, 0.4) is 0 Å². The SMILES string of the molecule is C=CCOc1ccc(/C=C2/SC(N3CCN(c4cccc5ccccc45)CC3)=NC2=O)cc1. The molecule has 5 rings (SSSR count). The smallest absolute Gasteiger partial charge is 0.286 e. The van der Waals surface area contributed by atoms with Crippen LogP contribution in [0.2, 0.25) is 0 Å². The molecule has 1 saturated heterocycles. The summed E-state index contributed by atoms with van der Waals surface area (Å²) in [6.45, 7) is 7.59. The number of amidine groups is 1. The third-order valence-electron chi connectivity index (χ3n) is 5.81. The minimum absolute atomic E-state index is 0.168. The average Bonchev–Trinajstić information content (AvgIpc) is 3.23. The summed E-state index contributed by atoms with van der Waals surface area (Å²) in [5.74, 6) is 0.613. The molecule has 0 N–H and O–H groups in total. The molecule has 0 radical (unpaired) electrons.